The largest absolute Gasteiger partial charge is 0.467 e. The Morgan fingerprint density at radius 2 is 1.42 bits per heavy atom. The van der Waals surface area contributed by atoms with E-state index in [-0.39, 0.29) is 12.1 Å². The number of nitro groups is 1. The van der Waals surface area contributed by atoms with E-state index < -0.39 is 28.8 Å². The first-order valence-corrected chi connectivity index (χ1v) is 9.71. The maximum Gasteiger partial charge on any atom is 0.328 e. The Morgan fingerprint density at radius 3 is 1.94 bits per heavy atom. The summed E-state index contributed by atoms with van der Waals surface area (Å²) in [6.07, 6.45) is -0.0636. The van der Waals surface area contributed by atoms with Crippen LogP contribution in [-0.2, 0) is 20.7 Å². The Morgan fingerprint density at radius 1 is 0.903 bits per heavy atom. The van der Waals surface area contributed by atoms with Crippen molar-refractivity contribution in [2.45, 2.75) is 18.4 Å². The number of benzene rings is 3. The number of ether oxygens (including phenoxy) is 1. The smallest absolute Gasteiger partial charge is 0.328 e. The van der Waals surface area contributed by atoms with Crippen LogP contribution in [0.5, 0.6) is 0 Å². The summed E-state index contributed by atoms with van der Waals surface area (Å²) in [6.45, 7) is 0. The number of carbonyl (C=O) groups excluding carboxylic acids is 2. The molecule has 1 atom stereocenters. The first-order valence-electron chi connectivity index (χ1n) is 9.71. The molecule has 0 bridgehead atoms. The Bertz CT molecular complexity index is 1010. The molecule has 0 saturated heterocycles. The topological polar surface area (TPSA) is 98.5 Å². The average Bonchev–Trinajstić information content (AvgIpc) is 2.80. The van der Waals surface area contributed by atoms with Crippen LogP contribution in [0.25, 0.3) is 0 Å². The van der Waals surface area contributed by atoms with Crippen LogP contribution < -0.4 is 5.32 Å². The van der Waals surface area contributed by atoms with Crippen LogP contribution in [0.2, 0.25) is 0 Å². The molecule has 0 aliphatic rings. The van der Waals surface area contributed by atoms with E-state index in [0.29, 0.717) is 5.56 Å². The van der Waals surface area contributed by atoms with Crippen molar-refractivity contribution in [1.29, 1.82) is 0 Å². The normalized spacial score (nSPS) is 11.5. The van der Waals surface area contributed by atoms with Crippen LogP contribution in [0.15, 0.2) is 84.9 Å². The molecule has 1 N–H and O–H groups in total. The molecule has 0 aliphatic carbocycles. The molecule has 31 heavy (non-hydrogen) atoms. The highest BCUT2D eigenvalue weighted by atomic mass is 16.6. The first-order chi connectivity index (χ1) is 15.0. The molecule has 7 heteroatoms. The summed E-state index contributed by atoms with van der Waals surface area (Å²) < 4.78 is 4.85. The molecular formula is C24H22N2O5. The van der Waals surface area contributed by atoms with Crippen molar-refractivity contribution in [1.82, 2.24) is 5.32 Å². The van der Waals surface area contributed by atoms with Gasteiger partial charge >= 0.3 is 5.97 Å². The van der Waals surface area contributed by atoms with Gasteiger partial charge in [-0.1, -0.05) is 78.9 Å². The van der Waals surface area contributed by atoms with Gasteiger partial charge in [0.1, 0.15) is 6.04 Å². The number of rotatable bonds is 8. The lowest BCUT2D eigenvalue weighted by molar-refractivity contribution is -0.385. The summed E-state index contributed by atoms with van der Waals surface area (Å²) >= 11 is 0. The molecule has 3 aromatic rings. The summed E-state index contributed by atoms with van der Waals surface area (Å²) in [4.78, 5) is 36.6. The second kappa shape index (κ2) is 10.2. The number of esters is 1. The Balaban J connectivity index is 1.92. The van der Waals surface area contributed by atoms with E-state index in [4.69, 9.17) is 4.74 Å². The first kappa shape index (κ1) is 21.7. The number of carbonyl (C=O) groups is 2. The number of hydrogen-bond donors (Lipinski definition) is 1. The number of hydrogen-bond acceptors (Lipinski definition) is 5. The molecule has 0 aromatic heterocycles. The zero-order chi connectivity index (χ0) is 22.2. The van der Waals surface area contributed by atoms with E-state index >= 15 is 0 Å². The van der Waals surface area contributed by atoms with Crippen LogP contribution >= 0.6 is 0 Å². The highest BCUT2D eigenvalue weighted by Crippen LogP contribution is 2.26. The van der Waals surface area contributed by atoms with Gasteiger partial charge in [-0.3, -0.25) is 14.9 Å². The predicted molar refractivity (Wildman–Crippen MR) is 115 cm³/mol. The van der Waals surface area contributed by atoms with E-state index in [1.807, 2.05) is 60.7 Å². The van der Waals surface area contributed by atoms with Gasteiger partial charge in [-0.25, -0.2) is 4.79 Å². The minimum atomic E-state index is -1.08. The van der Waals surface area contributed by atoms with Gasteiger partial charge in [-0.15, -0.1) is 0 Å². The Kier molecular flexibility index (Phi) is 7.11. The van der Waals surface area contributed by atoms with Crippen molar-refractivity contribution < 1.29 is 19.2 Å². The van der Waals surface area contributed by atoms with Crippen LogP contribution in [-0.4, -0.2) is 30.0 Å². The number of amides is 1. The lowest BCUT2D eigenvalue weighted by atomic mass is 9.90. The third-order valence-corrected chi connectivity index (χ3v) is 4.94. The van der Waals surface area contributed by atoms with Crippen molar-refractivity contribution >= 4 is 17.6 Å². The SMILES string of the molecule is COC(=O)[C@@H](Cc1ccccc1[N+](=O)[O-])NC(=O)C(c1ccccc1)c1ccccc1. The summed E-state index contributed by atoms with van der Waals surface area (Å²) in [5.74, 6) is -1.72. The maximum absolute atomic E-state index is 13.3. The van der Waals surface area contributed by atoms with Crippen LogP contribution in [0.3, 0.4) is 0 Å². The van der Waals surface area contributed by atoms with Crippen LogP contribution in [0.4, 0.5) is 5.69 Å². The Hall–Kier alpha value is -4.00. The van der Waals surface area contributed by atoms with Gasteiger partial charge in [-0.2, -0.15) is 0 Å². The van der Waals surface area contributed by atoms with E-state index in [0.717, 1.165) is 11.1 Å². The number of nitrogens with one attached hydrogen (secondary N) is 1. The number of nitrogens with zero attached hydrogens (tertiary/aromatic N) is 1. The fraction of sp³-hybridized carbons (Fsp3) is 0.167. The van der Waals surface area contributed by atoms with E-state index in [1.165, 1.54) is 13.2 Å². The van der Waals surface area contributed by atoms with Gasteiger partial charge in [0, 0.05) is 18.1 Å². The molecule has 0 heterocycles. The second-order valence-corrected chi connectivity index (χ2v) is 6.93. The third kappa shape index (κ3) is 5.33. The van der Waals surface area contributed by atoms with E-state index in [1.54, 1.807) is 18.2 Å². The molecule has 1 amide bonds. The quantitative estimate of drug-likeness (QED) is 0.342. The molecule has 0 saturated carbocycles. The molecule has 0 unspecified atom stereocenters. The highest BCUT2D eigenvalue weighted by molar-refractivity contribution is 5.91. The van der Waals surface area contributed by atoms with E-state index in [9.17, 15) is 19.7 Å². The van der Waals surface area contributed by atoms with E-state index in [2.05, 4.69) is 5.32 Å². The van der Waals surface area contributed by atoms with Gasteiger partial charge in [0.2, 0.25) is 5.91 Å². The number of para-hydroxylation sites is 1. The summed E-state index contributed by atoms with van der Waals surface area (Å²) in [6, 6.07) is 23.5. The fourth-order valence-electron chi connectivity index (χ4n) is 3.46. The molecule has 0 aliphatic heterocycles. The number of methoxy groups -OCH3 is 1. The van der Waals surface area contributed by atoms with Gasteiger partial charge < -0.3 is 10.1 Å². The van der Waals surface area contributed by atoms with Gasteiger partial charge in [-0.05, 0) is 11.1 Å². The standard InChI is InChI=1S/C24H22N2O5/c1-31-24(28)20(16-19-14-8-9-15-21(19)26(29)30)25-23(27)22(17-10-4-2-5-11-17)18-12-6-3-7-13-18/h2-15,20,22H,16H2,1H3,(H,25,27)/t20-/m1/s1. The summed E-state index contributed by atoms with van der Waals surface area (Å²) in [5, 5.41) is 14.1. The number of nitro benzene ring substituents is 1. The average molecular weight is 418 g/mol. The van der Waals surface area contributed by atoms with Gasteiger partial charge in [0.05, 0.1) is 18.0 Å². The van der Waals surface area contributed by atoms with Gasteiger partial charge in [0.25, 0.3) is 5.69 Å². The Labute approximate surface area is 179 Å². The zero-order valence-electron chi connectivity index (χ0n) is 16.9. The molecule has 0 spiro atoms. The van der Waals surface area contributed by atoms with Crippen molar-refractivity contribution in [3.05, 3.63) is 112 Å². The van der Waals surface area contributed by atoms with Crippen molar-refractivity contribution in [3.8, 4) is 0 Å². The van der Waals surface area contributed by atoms with Crippen molar-refractivity contribution in [2.75, 3.05) is 7.11 Å². The summed E-state index contributed by atoms with van der Waals surface area (Å²) in [7, 11) is 1.22. The molecular weight excluding hydrogens is 396 g/mol. The predicted octanol–water partition coefficient (Wildman–Crippen LogP) is 3.63. The molecule has 3 aromatic carbocycles. The molecule has 7 nitrogen and oxygen atoms in total. The van der Waals surface area contributed by atoms with Crippen molar-refractivity contribution in [3.63, 3.8) is 0 Å². The third-order valence-electron chi connectivity index (χ3n) is 4.94. The lowest BCUT2D eigenvalue weighted by Gasteiger charge is -2.22. The molecule has 0 radical (unpaired) electrons. The molecule has 0 fully saturated rings. The zero-order valence-corrected chi connectivity index (χ0v) is 16.9. The van der Waals surface area contributed by atoms with Crippen LogP contribution in [0.1, 0.15) is 22.6 Å². The van der Waals surface area contributed by atoms with Crippen molar-refractivity contribution in [2.24, 2.45) is 0 Å². The van der Waals surface area contributed by atoms with Crippen LogP contribution in [0, 0.1) is 10.1 Å². The minimum Gasteiger partial charge on any atom is -0.467 e. The van der Waals surface area contributed by atoms with Gasteiger partial charge in [0.15, 0.2) is 0 Å². The maximum atomic E-state index is 13.3. The monoisotopic (exact) mass is 418 g/mol. The molecule has 158 valence electrons. The highest BCUT2D eigenvalue weighted by Gasteiger charge is 2.30. The molecule has 3 rings (SSSR count). The lowest BCUT2D eigenvalue weighted by Crippen LogP contribution is -2.45. The fourth-order valence-corrected chi connectivity index (χ4v) is 3.46. The second-order valence-electron chi connectivity index (χ2n) is 6.93. The minimum absolute atomic E-state index is 0.0636. The summed E-state index contributed by atoms with van der Waals surface area (Å²) in [5.41, 5.74) is 1.74.